The van der Waals surface area contributed by atoms with Crippen molar-refractivity contribution in [3.05, 3.63) is 73.1 Å². The van der Waals surface area contributed by atoms with Gasteiger partial charge in [0.1, 0.15) is 5.51 Å². The average molecular weight is 716 g/mol. The largest absolute Gasteiger partial charge is 0.360 e. The molecule has 1 saturated heterocycles. The summed E-state index contributed by atoms with van der Waals surface area (Å²) in [4.78, 5) is 31.7. The van der Waals surface area contributed by atoms with Gasteiger partial charge in [-0.2, -0.15) is 0 Å². The van der Waals surface area contributed by atoms with E-state index in [1.807, 2.05) is 9.80 Å². The number of piperazine rings is 1. The van der Waals surface area contributed by atoms with Gasteiger partial charge in [0.25, 0.3) is 0 Å². The van der Waals surface area contributed by atoms with Crippen LogP contribution in [-0.2, 0) is 22.4 Å². The summed E-state index contributed by atoms with van der Waals surface area (Å²) < 4.78 is 0. The lowest BCUT2D eigenvalue weighted by atomic mass is 9.93. The van der Waals surface area contributed by atoms with Crippen LogP contribution in [0.15, 0.2) is 41.9 Å². The first-order valence-electron chi connectivity index (χ1n) is 14.9. The second kappa shape index (κ2) is 16.6. The molecule has 2 heterocycles. The highest BCUT2D eigenvalue weighted by Gasteiger charge is 2.41. The number of amides is 2. The van der Waals surface area contributed by atoms with Crippen molar-refractivity contribution in [1.82, 2.24) is 20.0 Å². The van der Waals surface area contributed by atoms with Gasteiger partial charge in [0.05, 0.1) is 12.1 Å². The number of anilines is 1. The summed E-state index contributed by atoms with van der Waals surface area (Å²) in [5.74, 6) is -0.0763. The minimum absolute atomic E-state index is 0.173. The van der Waals surface area contributed by atoms with Gasteiger partial charge in [-0.05, 0) is 73.4 Å². The predicted octanol–water partition coefficient (Wildman–Crippen LogP) is 5.94. The molecule has 1 fully saturated rings. The molecule has 4 atom stereocenters. The van der Waals surface area contributed by atoms with Crippen molar-refractivity contribution >= 4 is 74.7 Å². The van der Waals surface area contributed by atoms with Crippen LogP contribution in [0, 0.1) is 5.92 Å². The van der Waals surface area contributed by atoms with E-state index in [2.05, 4.69) is 29.4 Å². The summed E-state index contributed by atoms with van der Waals surface area (Å²) in [6.45, 7) is 5.53. The second-order valence-corrected chi connectivity index (χ2v) is 14.3. The lowest BCUT2D eigenvalue weighted by Crippen LogP contribution is -2.65. The zero-order valence-corrected chi connectivity index (χ0v) is 29.1. The number of hydrogen-bond donors (Lipinski definition) is 3. The molecule has 1 aliphatic rings. The van der Waals surface area contributed by atoms with Gasteiger partial charge in [-0.1, -0.05) is 83.7 Å². The molecule has 1 aliphatic heterocycles. The van der Waals surface area contributed by atoms with Gasteiger partial charge in [-0.3, -0.25) is 9.59 Å². The zero-order chi connectivity index (χ0) is 32.7. The summed E-state index contributed by atoms with van der Waals surface area (Å²) in [5, 5.41) is 13.9. The van der Waals surface area contributed by atoms with Gasteiger partial charge < -0.3 is 26.6 Å². The SMILES string of the molecule is CC(C)C[C@@H]1CN(C(=O)[C@H](N)Cc2ccc(Cl)cc2Cl)[C@@H](CCCNc2nncs2)CN1C(=O)[C@@H](N)Cc1ccc(Cl)cc1Cl. The van der Waals surface area contributed by atoms with Crippen molar-refractivity contribution < 1.29 is 9.59 Å². The molecule has 0 spiro atoms. The number of rotatable bonds is 13. The summed E-state index contributed by atoms with van der Waals surface area (Å²) in [5.41, 5.74) is 16.2. The third-order valence-electron chi connectivity index (χ3n) is 7.90. The Labute approximate surface area is 288 Å². The Balaban J connectivity index is 1.54. The molecular weight excluding hydrogens is 676 g/mol. The number of carbonyl (C=O) groups excluding carboxylic acids is 2. The van der Waals surface area contributed by atoms with Crippen LogP contribution in [0.5, 0.6) is 0 Å². The van der Waals surface area contributed by atoms with Gasteiger partial charge in [-0.15, -0.1) is 10.2 Å². The second-order valence-electron chi connectivity index (χ2n) is 11.8. The van der Waals surface area contributed by atoms with E-state index in [-0.39, 0.29) is 42.7 Å². The van der Waals surface area contributed by atoms with Crippen LogP contribution >= 0.6 is 57.7 Å². The maximum atomic E-state index is 14.0. The quantitative estimate of drug-likeness (QED) is 0.187. The first kappa shape index (κ1) is 35.7. The molecule has 3 aromatic rings. The Kier molecular flexibility index (Phi) is 13.1. The number of hydrogen-bond acceptors (Lipinski definition) is 8. The number of nitrogens with two attached hydrogens (primary N) is 2. The topological polar surface area (TPSA) is 130 Å². The Morgan fingerprint density at radius 3 is 1.93 bits per heavy atom. The number of benzene rings is 2. The first-order valence-corrected chi connectivity index (χ1v) is 17.3. The summed E-state index contributed by atoms with van der Waals surface area (Å²) in [6.07, 6.45) is 2.61. The van der Waals surface area contributed by atoms with Crippen molar-refractivity contribution in [3.8, 4) is 0 Å². The van der Waals surface area contributed by atoms with Crippen molar-refractivity contribution in [1.29, 1.82) is 0 Å². The van der Waals surface area contributed by atoms with Crippen LogP contribution in [-0.4, -0.2) is 75.6 Å². The third-order valence-corrected chi connectivity index (χ3v) is 9.72. The zero-order valence-electron chi connectivity index (χ0n) is 25.3. The molecule has 244 valence electrons. The third kappa shape index (κ3) is 9.91. The van der Waals surface area contributed by atoms with Crippen molar-refractivity contribution in [2.75, 3.05) is 25.0 Å². The van der Waals surface area contributed by atoms with Crippen molar-refractivity contribution in [2.45, 2.75) is 70.1 Å². The van der Waals surface area contributed by atoms with E-state index in [1.165, 1.54) is 11.3 Å². The number of halogens is 4. The Hall–Kier alpha value is -2.18. The molecule has 4 rings (SSSR count). The standard InChI is InChI=1S/C31H39Cl4N7O2S/c1-18(2)10-24-16-41(29(43)27(36)11-19-5-7-21(32)13-25(19)34)23(4-3-9-38-31-40-39-17-45-31)15-42(24)30(44)28(37)12-20-6-8-22(33)14-26(20)35/h5-8,13-14,17-18,23-24,27-28H,3-4,9-12,15-16,36-37H2,1-2H3,(H,38,40)/t23-,24+,27+,28-/m0/s1. The first-order chi connectivity index (χ1) is 21.4. The smallest absolute Gasteiger partial charge is 0.240 e. The van der Waals surface area contributed by atoms with E-state index in [0.29, 0.717) is 52.6 Å². The van der Waals surface area contributed by atoms with Crippen LogP contribution < -0.4 is 16.8 Å². The fraction of sp³-hybridized carbons (Fsp3) is 0.484. The maximum absolute atomic E-state index is 14.0. The van der Waals surface area contributed by atoms with Gasteiger partial charge in [0.15, 0.2) is 0 Å². The molecular formula is C31H39Cl4N7O2S. The minimum Gasteiger partial charge on any atom is -0.360 e. The highest BCUT2D eigenvalue weighted by atomic mass is 35.5. The summed E-state index contributed by atoms with van der Waals surface area (Å²) >= 11 is 26.4. The fourth-order valence-corrected chi connectivity index (χ4v) is 7.16. The molecule has 2 amide bonds. The van der Waals surface area contributed by atoms with Crippen molar-refractivity contribution in [2.24, 2.45) is 17.4 Å². The molecule has 2 aromatic carbocycles. The molecule has 0 radical (unpaired) electrons. The Bertz CT molecular complexity index is 1450. The summed E-state index contributed by atoms with van der Waals surface area (Å²) in [6, 6.07) is 8.23. The lowest BCUT2D eigenvalue weighted by Gasteiger charge is -2.48. The number of carbonyl (C=O) groups is 2. The van der Waals surface area contributed by atoms with Gasteiger partial charge >= 0.3 is 0 Å². The normalized spacial score (nSPS) is 18.2. The van der Waals surface area contributed by atoms with Crippen LogP contribution in [0.3, 0.4) is 0 Å². The molecule has 0 unspecified atom stereocenters. The maximum Gasteiger partial charge on any atom is 0.240 e. The molecule has 0 bridgehead atoms. The van der Waals surface area contributed by atoms with E-state index in [0.717, 1.165) is 22.7 Å². The molecule has 0 saturated carbocycles. The molecule has 1 aromatic heterocycles. The number of nitrogens with one attached hydrogen (secondary N) is 1. The van der Waals surface area contributed by atoms with E-state index < -0.39 is 12.1 Å². The van der Waals surface area contributed by atoms with Gasteiger partial charge in [-0.25, -0.2) is 0 Å². The number of aromatic nitrogens is 2. The Morgan fingerprint density at radius 2 is 1.44 bits per heavy atom. The molecule has 9 nitrogen and oxygen atoms in total. The van der Waals surface area contributed by atoms with E-state index in [9.17, 15) is 9.59 Å². The highest BCUT2D eigenvalue weighted by Crippen LogP contribution is 2.28. The fourth-order valence-electron chi connectivity index (χ4n) is 5.71. The highest BCUT2D eigenvalue weighted by molar-refractivity contribution is 7.13. The Morgan fingerprint density at radius 1 is 0.911 bits per heavy atom. The van der Waals surface area contributed by atoms with Crippen LogP contribution in [0.2, 0.25) is 20.1 Å². The van der Waals surface area contributed by atoms with E-state index >= 15 is 0 Å². The van der Waals surface area contributed by atoms with E-state index in [1.54, 1.807) is 41.9 Å². The molecule has 14 heteroatoms. The van der Waals surface area contributed by atoms with Crippen molar-refractivity contribution in [3.63, 3.8) is 0 Å². The van der Waals surface area contributed by atoms with Crippen LogP contribution in [0.25, 0.3) is 0 Å². The monoisotopic (exact) mass is 713 g/mol. The average Bonchev–Trinajstić information content (AvgIpc) is 3.51. The molecule has 45 heavy (non-hydrogen) atoms. The molecule has 5 N–H and O–H groups in total. The number of nitrogens with zero attached hydrogens (tertiary/aromatic N) is 4. The van der Waals surface area contributed by atoms with Crippen LogP contribution in [0.4, 0.5) is 5.13 Å². The van der Waals surface area contributed by atoms with Gasteiger partial charge in [0, 0.05) is 51.8 Å². The van der Waals surface area contributed by atoms with E-state index in [4.69, 9.17) is 57.9 Å². The molecule has 0 aliphatic carbocycles. The van der Waals surface area contributed by atoms with Crippen LogP contribution in [0.1, 0.15) is 44.2 Å². The minimum atomic E-state index is -0.818. The summed E-state index contributed by atoms with van der Waals surface area (Å²) in [7, 11) is 0. The predicted molar refractivity (Wildman–Crippen MR) is 184 cm³/mol. The lowest BCUT2D eigenvalue weighted by molar-refractivity contribution is -0.149. The van der Waals surface area contributed by atoms with Gasteiger partial charge in [0.2, 0.25) is 16.9 Å².